The molecule has 2 heterocycles. The number of ether oxygens (including phenoxy) is 1. The van der Waals surface area contributed by atoms with Crippen molar-refractivity contribution < 1.29 is 14.6 Å². The number of aromatic amines is 1. The molecule has 2 N–H and O–H groups in total. The highest BCUT2D eigenvalue weighted by atomic mass is 16.5. The number of H-pyrrole nitrogens is 1. The molecule has 1 fully saturated rings. The number of amides is 1. The van der Waals surface area contributed by atoms with Gasteiger partial charge in [0.15, 0.2) is 0 Å². The molecule has 1 amide bonds. The molecule has 5 nitrogen and oxygen atoms in total. The van der Waals surface area contributed by atoms with Crippen LogP contribution in [0.4, 0.5) is 0 Å². The van der Waals surface area contributed by atoms with Crippen LogP contribution < -0.4 is 4.74 Å². The van der Waals surface area contributed by atoms with Gasteiger partial charge in [0.25, 0.3) is 5.91 Å². The lowest BCUT2D eigenvalue weighted by atomic mass is 10.0. The highest BCUT2D eigenvalue weighted by molar-refractivity contribution is 5.95. The Balaban J connectivity index is 1.92. The summed E-state index contributed by atoms with van der Waals surface area (Å²) in [6.45, 7) is 2.23. The predicted molar refractivity (Wildman–Crippen MR) is 82.9 cm³/mol. The molecule has 0 aliphatic carbocycles. The molecule has 1 saturated heterocycles. The lowest BCUT2D eigenvalue weighted by molar-refractivity contribution is 0.0715. The third-order valence-electron chi connectivity index (χ3n) is 4.20. The third kappa shape index (κ3) is 2.60. The summed E-state index contributed by atoms with van der Waals surface area (Å²) >= 11 is 0. The van der Waals surface area contributed by atoms with Crippen molar-refractivity contribution in [3.05, 3.63) is 53.3 Å². The van der Waals surface area contributed by atoms with Gasteiger partial charge in [-0.15, -0.1) is 0 Å². The first kappa shape index (κ1) is 14.7. The number of likely N-dealkylation sites (tertiary alicyclic amines) is 1. The summed E-state index contributed by atoms with van der Waals surface area (Å²) in [5.74, 6) is 0.701. The SMILES string of the molecule is COc1cccc([C@@H]2C[C@@H](O)CN2C(=O)c2cc[nH]c2C)c1. The fourth-order valence-electron chi connectivity index (χ4n) is 3.04. The lowest BCUT2D eigenvalue weighted by Gasteiger charge is -2.25. The van der Waals surface area contributed by atoms with Crippen molar-refractivity contribution in [1.82, 2.24) is 9.88 Å². The molecule has 0 spiro atoms. The molecular weight excluding hydrogens is 280 g/mol. The summed E-state index contributed by atoms with van der Waals surface area (Å²) in [6, 6.07) is 9.32. The first-order valence-corrected chi connectivity index (χ1v) is 7.37. The maximum absolute atomic E-state index is 12.8. The summed E-state index contributed by atoms with van der Waals surface area (Å²) in [4.78, 5) is 17.5. The molecule has 5 heteroatoms. The van der Waals surface area contributed by atoms with Crippen LogP contribution in [-0.4, -0.2) is 40.7 Å². The number of benzene rings is 1. The number of β-amino-alcohol motifs (C(OH)–C–C–N with tert-alkyl or cyclic N) is 1. The second-order valence-corrected chi connectivity index (χ2v) is 5.66. The number of hydrogen-bond donors (Lipinski definition) is 2. The number of hydrogen-bond acceptors (Lipinski definition) is 3. The monoisotopic (exact) mass is 300 g/mol. The fourth-order valence-corrected chi connectivity index (χ4v) is 3.04. The van der Waals surface area contributed by atoms with E-state index in [1.807, 2.05) is 31.2 Å². The van der Waals surface area contributed by atoms with Crippen LogP contribution >= 0.6 is 0 Å². The van der Waals surface area contributed by atoms with Crippen LogP contribution in [0.5, 0.6) is 5.75 Å². The minimum atomic E-state index is -0.501. The number of aliphatic hydroxyl groups excluding tert-OH is 1. The van der Waals surface area contributed by atoms with Gasteiger partial charge >= 0.3 is 0 Å². The van der Waals surface area contributed by atoms with Crippen LogP contribution in [0.25, 0.3) is 0 Å². The van der Waals surface area contributed by atoms with E-state index in [1.165, 1.54) is 0 Å². The van der Waals surface area contributed by atoms with Gasteiger partial charge in [0.1, 0.15) is 5.75 Å². The molecule has 116 valence electrons. The Morgan fingerprint density at radius 1 is 1.41 bits per heavy atom. The number of rotatable bonds is 3. The van der Waals surface area contributed by atoms with E-state index in [4.69, 9.17) is 4.74 Å². The van der Waals surface area contributed by atoms with Crippen molar-refractivity contribution >= 4 is 5.91 Å². The van der Waals surface area contributed by atoms with Crippen molar-refractivity contribution in [1.29, 1.82) is 0 Å². The zero-order chi connectivity index (χ0) is 15.7. The van der Waals surface area contributed by atoms with E-state index in [1.54, 1.807) is 24.3 Å². The maximum Gasteiger partial charge on any atom is 0.256 e. The molecule has 0 saturated carbocycles. The topological polar surface area (TPSA) is 65.6 Å². The van der Waals surface area contributed by atoms with E-state index in [0.29, 0.717) is 18.5 Å². The quantitative estimate of drug-likeness (QED) is 0.914. The van der Waals surface area contributed by atoms with Gasteiger partial charge in [-0.25, -0.2) is 0 Å². The third-order valence-corrected chi connectivity index (χ3v) is 4.20. The maximum atomic E-state index is 12.8. The minimum Gasteiger partial charge on any atom is -0.497 e. The zero-order valence-corrected chi connectivity index (χ0v) is 12.7. The second-order valence-electron chi connectivity index (χ2n) is 5.66. The van der Waals surface area contributed by atoms with Crippen LogP contribution in [0.15, 0.2) is 36.5 Å². The molecule has 0 bridgehead atoms. The highest BCUT2D eigenvalue weighted by Crippen LogP contribution is 2.35. The number of aromatic nitrogens is 1. The number of carbonyl (C=O) groups excluding carboxylic acids is 1. The molecule has 0 radical (unpaired) electrons. The Bertz CT molecular complexity index is 680. The largest absolute Gasteiger partial charge is 0.497 e. The smallest absolute Gasteiger partial charge is 0.256 e. The number of carbonyl (C=O) groups is 1. The molecule has 2 aromatic rings. The summed E-state index contributed by atoms with van der Waals surface area (Å²) < 4.78 is 5.26. The summed E-state index contributed by atoms with van der Waals surface area (Å²) in [6.07, 6.45) is 1.80. The molecule has 3 rings (SSSR count). The molecule has 22 heavy (non-hydrogen) atoms. The standard InChI is InChI=1S/C17H20N2O3/c1-11-15(6-7-18-11)17(21)19-10-13(20)9-16(19)12-4-3-5-14(8-12)22-2/h3-8,13,16,18,20H,9-10H2,1-2H3/t13-,16+/m1/s1. The van der Waals surface area contributed by atoms with Crippen LogP contribution in [0.1, 0.15) is 34.1 Å². The fraction of sp³-hybridized carbons (Fsp3) is 0.353. The summed E-state index contributed by atoms with van der Waals surface area (Å²) in [5.41, 5.74) is 2.48. The molecular formula is C17H20N2O3. The zero-order valence-electron chi connectivity index (χ0n) is 12.7. The van der Waals surface area contributed by atoms with Crippen LogP contribution in [-0.2, 0) is 0 Å². The molecule has 0 unspecified atom stereocenters. The molecule has 1 aliphatic heterocycles. The Morgan fingerprint density at radius 3 is 2.91 bits per heavy atom. The minimum absolute atomic E-state index is 0.0527. The lowest BCUT2D eigenvalue weighted by Crippen LogP contribution is -2.32. The molecule has 2 atom stereocenters. The Labute approximate surface area is 129 Å². The molecule has 1 aliphatic rings. The van der Waals surface area contributed by atoms with Crippen molar-refractivity contribution in [3.63, 3.8) is 0 Å². The normalized spacial score (nSPS) is 21.1. The van der Waals surface area contributed by atoms with Crippen LogP contribution in [0, 0.1) is 6.92 Å². The second kappa shape index (κ2) is 5.85. The van der Waals surface area contributed by atoms with Gasteiger partial charge in [-0.2, -0.15) is 0 Å². The Kier molecular flexibility index (Phi) is 3.90. The average molecular weight is 300 g/mol. The summed E-state index contributed by atoms with van der Waals surface area (Å²) in [5, 5.41) is 10.0. The van der Waals surface area contributed by atoms with E-state index in [9.17, 15) is 9.90 Å². The summed E-state index contributed by atoms with van der Waals surface area (Å²) in [7, 11) is 1.62. The predicted octanol–water partition coefficient (Wildman–Crippen LogP) is 2.28. The van der Waals surface area contributed by atoms with Gasteiger partial charge in [0.05, 0.1) is 24.8 Å². The highest BCUT2D eigenvalue weighted by Gasteiger charge is 2.36. The van der Waals surface area contributed by atoms with Gasteiger partial charge in [-0.1, -0.05) is 12.1 Å². The van der Waals surface area contributed by atoms with Crippen LogP contribution in [0.3, 0.4) is 0 Å². The van der Waals surface area contributed by atoms with Crippen molar-refractivity contribution in [2.24, 2.45) is 0 Å². The Morgan fingerprint density at radius 2 is 2.23 bits per heavy atom. The number of aliphatic hydroxyl groups is 1. The molecule has 1 aromatic carbocycles. The van der Waals surface area contributed by atoms with Crippen molar-refractivity contribution in [2.75, 3.05) is 13.7 Å². The average Bonchev–Trinajstić information content (AvgIpc) is 3.12. The van der Waals surface area contributed by atoms with Gasteiger partial charge in [0, 0.05) is 18.4 Å². The van der Waals surface area contributed by atoms with Gasteiger partial charge in [-0.3, -0.25) is 4.79 Å². The Hall–Kier alpha value is -2.27. The van der Waals surface area contributed by atoms with E-state index in [-0.39, 0.29) is 11.9 Å². The molecule has 1 aromatic heterocycles. The number of nitrogens with one attached hydrogen (secondary N) is 1. The van der Waals surface area contributed by atoms with Gasteiger partial charge in [-0.05, 0) is 37.1 Å². The van der Waals surface area contributed by atoms with E-state index >= 15 is 0 Å². The van der Waals surface area contributed by atoms with E-state index < -0.39 is 6.10 Å². The van der Waals surface area contributed by atoms with Crippen molar-refractivity contribution in [2.45, 2.75) is 25.5 Å². The first-order valence-electron chi connectivity index (χ1n) is 7.37. The van der Waals surface area contributed by atoms with Crippen LogP contribution in [0.2, 0.25) is 0 Å². The van der Waals surface area contributed by atoms with Crippen molar-refractivity contribution in [3.8, 4) is 5.75 Å². The number of methoxy groups -OCH3 is 1. The van der Waals surface area contributed by atoms with Gasteiger partial charge < -0.3 is 19.7 Å². The van der Waals surface area contributed by atoms with E-state index in [2.05, 4.69) is 4.98 Å². The first-order chi connectivity index (χ1) is 10.6. The van der Waals surface area contributed by atoms with E-state index in [0.717, 1.165) is 17.0 Å². The number of nitrogens with zero attached hydrogens (tertiary/aromatic N) is 1. The number of aryl methyl sites for hydroxylation is 1. The van der Waals surface area contributed by atoms with Gasteiger partial charge in [0.2, 0.25) is 0 Å².